The quantitative estimate of drug-likeness (QED) is 0.864. The summed E-state index contributed by atoms with van der Waals surface area (Å²) in [5.41, 5.74) is 0.860. The van der Waals surface area contributed by atoms with Gasteiger partial charge in [0.25, 0.3) is 0 Å². The van der Waals surface area contributed by atoms with Crippen LogP contribution in [0, 0.1) is 0 Å². The van der Waals surface area contributed by atoms with E-state index >= 15 is 0 Å². The van der Waals surface area contributed by atoms with E-state index in [4.69, 9.17) is 0 Å². The van der Waals surface area contributed by atoms with Crippen molar-refractivity contribution in [3.63, 3.8) is 0 Å². The monoisotopic (exact) mass is 237 g/mol. The van der Waals surface area contributed by atoms with Gasteiger partial charge in [-0.2, -0.15) is 5.10 Å². The molecule has 1 heterocycles. The Morgan fingerprint density at radius 3 is 2.56 bits per heavy atom. The Bertz CT molecular complexity index is 575. The van der Waals surface area contributed by atoms with Crippen LogP contribution in [0.5, 0.6) is 0 Å². The van der Waals surface area contributed by atoms with Crippen molar-refractivity contribution in [3.8, 4) is 11.4 Å². The van der Waals surface area contributed by atoms with Crippen LogP contribution in [0.2, 0.25) is 0 Å². The summed E-state index contributed by atoms with van der Waals surface area (Å²) >= 11 is 0. The third kappa shape index (κ3) is 2.66. The lowest BCUT2D eigenvalue weighted by Crippen LogP contribution is -2.02. The van der Waals surface area contributed by atoms with Crippen molar-refractivity contribution in [2.45, 2.75) is 5.75 Å². The van der Waals surface area contributed by atoms with Crippen LogP contribution in [0.3, 0.4) is 0 Å². The SMILES string of the molecule is CS(=O)(=O)Cc1nc(-c2ccccc2)n[nH]1. The van der Waals surface area contributed by atoms with E-state index in [0.717, 1.165) is 11.8 Å². The molecule has 0 bridgehead atoms. The average Bonchev–Trinajstić information content (AvgIpc) is 2.65. The molecule has 0 spiro atoms. The molecule has 5 nitrogen and oxygen atoms in total. The fraction of sp³-hybridized carbons (Fsp3) is 0.200. The highest BCUT2D eigenvalue weighted by atomic mass is 32.2. The molecular formula is C10H11N3O2S. The van der Waals surface area contributed by atoms with Gasteiger partial charge in [0.05, 0.1) is 0 Å². The summed E-state index contributed by atoms with van der Waals surface area (Å²) in [6.45, 7) is 0. The second-order valence-electron chi connectivity index (χ2n) is 3.54. The Hall–Kier alpha value is -1.69. The number of sulfone groups is 1. The zero-order chi connectivity index (χ0) is 11.6. The van der Waals surface area contributed by atoms with Gasteiger partial charge in [-0.15, -0.1) is 0 Å². The maximum atomic E-state index is 11.1. The predicted molar refractivity (Wildman–Crippen MR) is 60.4 cm³/mol. The first-order valence-electron chi connectivity index (χ1n) is 4.69. The molecule has 2 aromatic rings. The van der Waals surface area contributed by atoms with Crippen LogP contribution in [-0.4, -0.2) is 29.9 Å². The number of nitrogens with zero attached hydrogens (tertiary/aromatic N) is 2. The Balaban J connectivity index is 2.27. The zero-order valence-electron chi connectivity index (χ0n) is 8.71. The lowest BCUT2D eigenvalue weighted by molar-refractivity contribution is 0.599. The molecule has 0 radical (unpaired) electrons. The topological polar surface area (TPSA) is 75.7 Å². The van der Waals surface area contributed by atoms with Gasteiger partial charge in [0.2, 0.25) is 0 Å². The van der Waals surface area contributed by atoms with Crippen LogP contribution in [0.1, 0.15) is 5.82 Å². The number of rotatable bonds is 3. The second kappa shape index (κ2) is 4.05. The van der Waals surface area contributed by atoms with Gasteiger partial charge >= 0.3 is 0 Å². The summed E-state index contributed by atoms with van der Waals surface area (Å²) in [6, 6.07) is 9.39. The van der Waals surface area contributed by atoms with Crippen LogP contribution in [0.4, 0.5) is 0 Å². The van der Waals surface area contributed by atoms with Crippen molar-refractivity contribution in [2.75, 3.05) is 6.26 Å². The molecule has 2 rings (SSSR count). The molecule has 6 heteroatoms. The largest absolute Gasteiger partial charge is 0.262 e. The standard InChI is InChI=1S/C10H11N3O2S/c1-16(14,15)7-9-11-10(13-12-9)8-5-3-2-4-6-8/h2-6H,7H2,1H3,(H,11,12,13). The van der Waals surface area contributed by atoms with Gasteiger partial charge in [-0.25, -0.2) is 13.4 Å². The lowest BCUT2D eigenvalue weighted by atomic mass is 10.2. The van der Waals surface area contributed by atoms with Gasteiger partial charge < -0.3 is 0 Å². The molecule has 0 amide bonds. The highest BCUT2D eigenvalue weighted by Gasteiger charge is 2.10. The van der Waals surface area contributed by atoms with Crippen LogP contribution >= 0.6 is 0 Å². The molecule has 1 aromatic carbocycles. The summed E-state index contributed by atoms with van der Waals surface area (Å²) in [7, 11) is -3.08. The molecule has 0 saturated carbocycles. The number of hydrogen-bond donors (Lipinski definition) is 1. The van der Waals surface area contributed by atoms with Gasteiger partial charge in [0.1, 0.15) is 11.6 Å². The number of hydrogen-bond acceptors (Lipinski definition) is 4. The minimum absolute atomic E-state index is 0.118. The van der Waals surface area contributed by atoms with Crippen LogP contribution in [-0.2, 0) is 15.6 Å². The molecule has 0 saturated heterocycles. The van der Waals surface area contributed by atoms with Crippen molar-refractivity contribution in [1.82, 2.24) is 15.2 Å². The van der Waals surface area contributed by atoms with E-state index < -0.39 is 9.84 Å². The van der Waals surface area contributed by atoms with Crippen molar-refractivity contribution in [3.05, 3.63) is 36.2 Å². The lowest BCUT2D eigenvalue weighted by Gasteiger charge is -1.92. The van der Waals surface area contributed by atoms with Crippen LogP contribution in [0.25, 0.3) is 11.4 Å². The first-order chi connectivity index (χ1) is 7.54. The second-order valence-corrected chi connectivity index (χ2v) is 5.68. The van der Waals surface area contributed by atoms with Crippen molar-refractivity contribution in [2.24, 2.45) is 0 Å². The Morgan fingerprint density at radius 2 is 1.94 bits per heavy atom. The maximum Gasteiger partial charge on any atom is 0.181 e. The van der Waals surface area contributed by atoms with E-state index in [2.05, 4.69) is 15.2 Å². The van der Waals surface area contributed by atoms with Gasteiger partial charge in [-0.05, 0) is 0 Å². The predicted octanol–water partition coefficient (Wildman–Crippen LogP) is 1.02. The van der Waals surface area contributed by atoms with Crippen molar-refractivity contribution < 1.29 is 8.42 Å². The van der Waals surface area contributed by atoms with Gasteiger partial charge in [-0.1, -0.05) is 30.3 Å². The highest BCUT2D eigenvalue weighted by molar-refractivity contribution is 7.89. The maximum absolute atomic E-state index is 11.1. The number of benzene rings is 1. The number of nitrogens with one attached hydrogen (secondary N) is 1. The summed E-state index contributed by atoms with van der Waals surface area (Å²) in [6.07, 6.45) is 1.16. The minimum atomic E-state index is -3.08. The first kappa shape index (κ1) is 10.8. The molecule has 0 unspecified atom stereocenters. The van der Waals surface area contributed by atoms with Crippen molar-refractivity contribution in [1.29, 1.82) is 0 Å². The third-order valence-corrected chi connectivity index (χ3v) is 2.76. The zero-order valence-corrected chi connectivity index (χ0v) is 9.53. The molecule has 0 fully saturated rings. The molecule has 84 valence electrons. The minimum Gasteiger partial charge on any atom is -0.262 e. The fourth-order valence-electron chi connectivity index (χ4n) is 1.32. The van der Waals surface area contributed by atoms with Crippen molar-refractivity contribution >= 4 is 9.84 Å². The number of aromatic nitrogens is 3. The Kier molecular flexibility index (Phi) is 2.74. The molecule has 1 N–H and O–H groups in total. The normalized spacial score (nSPS) is 11.6. The highest BCUT2D eigenvalue weighted by Crippen LogP contribution is 2.13. The summed E-state index contributed by atoms with van der Waals surface area (Å²) in [5.74, 6) is 0.757. The molecule has 16 heavy (non-hydrogen) atoms. The first-order valence-corrected chi connectivity index (χ1v) is 6.75. The smallest absolute Gasteiger partial charge is 0.181 e. The van der Waals surface area contributed by atoms with Gasteiger partial charge in [-0.3, -0.25) is 5.10 Å². The molecule has 0 aliphatic heterocycles. The molecule has 0 atom stereocenters. The fourth-order valence-corrected chi connectivity index (χ4v) is 1.95. The Labute approximate surface area is 93.5 Å². The molecule has 0 aliphatic rings. The summed E-state index contributed by atoms with van der Waals surface area (Å²) in [5, 5.41) is 6.59. The number of H-pyrrole nitrogens is 1. The molecular weight excluding hydrogens is 226 g/mol. The van der Waals surface area contributed by atoms with E-state index in [1.807, 2.05) is 30.3 Å². The van der Waals surface area contributed by atoms with Crippen LogP contribution < -0.4 is 0 Å². The van der Waals surface area contributed by atoms with Crippen LogP contribution in [0.15, 0.2) is 30.3 Å². The van der Waals surface area contributed by atoms with E-state index in [9.17, 15) is 8.42 Å². The van der Waals surface area contributed by atoms with E-state index in [0.29, 0.717) is 11.6 Å². The molecule has 1 aromatic heterocycles. The van der Waals surface area contributed by atoms with Gasteiger partial charge in [0, 0.05) is 11.8 Å². The summed E-state index contributed by atoms with van der Waals surface area (Å²) in [4.78, 5) is 4.12. The Morgan fingerprint density at radius 1 is 1.25 bits per heavy atom. The van der Waals surface area contributed by atoms with E-state index in [1.54, 1.807) is 0 Å². The molecule has 0 aliphatic carbocycles. The average molecular weight is 237 g/mol. The summed E-state index contributed by atoms with van der Waals surface area (Å²) < 4.78 is 22.1. The third-order valence-electron chi connectivity index (χ3n) is 1.96. The van der Waals surface area contributed by atoms with E-state index in [-0.39, 0.29) is 5.75 Å². The van der Waals surface area contributed by atoms with E-state index in [1.165, 1.54) is 0 Å². The number of aromatic amines is 1. The van der Waals surface area contributed by atoms with Gasteiger partial charge in [0.15, 0.2) is 15.7 Å².